The summed E-state index contributed by atoms with van der Waals surface area (Å²) >= 11 is 0. The fraction of sp³-hybridized carbons (Fsp3) is 0.846. The van der Waals surface area contributed by atoms with Crippen LogP contribution in [0.2, 0.25) is 0 Å². The van der Waals surface area contributed by atoms with Gasteiger partial charge in [0.15, 0.2) is 0 Å². The molecule has 1 fully saturated rings. The van der Waals surface area contributed by atoms with Crippen LogP contribution < -0.4 is 0 Å². The smallest absolute Gasteiger partial charge is 0.307 e. The number of rotatable bonds is 5. The molecule has 0 spiro atoms. The summed E-state index contributed by atoms with van der Waals surface area (Å²) in [4.78, 5) is 26.5. The number of carboxylic acids is 1. The molecule has 0 aromatic heterocycles. The van der Waals surface area contributed by atoms with Gasteiger partial charge in [-0.05, 0) is 19.9 Å². The molecule has 5 heteroatoms. The predicted octanol–water partition coefficient (Wildman–Crippen LogP) is 1.04. The van der Waals surface area contributed by atoms with Crippen molar-refractivity contribution in [3.63, 3.8) is 0 Å². The van der Waals surface area contributed by atoms with Crippen molar-refractivity contribution in [3.8, 4) is 0 Å². The van der Waals surface area contributed by atoms with E-state index in [1.807, 2.05) is 4.90 Å². The van der Waals surface area contributed by atoms with Crippen molar-refractivity contribution in [2.75, 3.05) is 33.2 Å². The van der Waals surface area contributed by atoms with Gasteiger partial charge in [0.1, 0.15) is 0 Å². The first-order chi connectivity index (χ1) is 8.50. The standard InChI is InChI=1S/C13H24N2O3/c1-11(13(17)18)9-14(2)10-12(16)15-7-5-3-4-6-8-15/h11H,3-10H2,1-2H3,(H,17,18). The SMILES string of the molecule is CC(CN(C)CC(=O)N1CCCCCC1)C(=O)O. The third-order valence-electron chi connectivity index (χ3n) is 3.37. The molecule has 1 amide bonds. The largest absolute Gasteiger partial charge is 0.481 e. The van der Waals surface area contributed by atoms with Gasteiger partial charge in [0.2, 0.25) is 5.91 Å². The topological polar surface area (TPSA) is 60.9 Å². The molecule has 0 bridgehead atoms. The molecule has 0 radical (unpaired) electrons. The summed E-state index contributed by atoms with van der Waals surface area (Å²) in [5.74, 6) is -1.13. The van der Waals surface area contributed by atoms with E-state index < -0.39 is 11.9 Å². The summed E-state index contributed by atoms with van der Waals surface area (Å²) in [5.41, 5.74) is 0. The number of hydrogen-bond acceptors (Lipinski definition) is 3. The number of nitrogens with zero attached hydrogens (tertiary/aromatic N) is 2. The molecule has 0 aliphatic carbocycles. The molecule has 5 nitrogen and oxygen atoms in total. The maximum absolute atomic E-state index is 12.0. The van der Waals surface area contributed by atoms with E-state index in [1.165, 1.54) is 12.8 Å². The van der Waals surface area contributed by atoms with Crippen LogP contribution in [0, 0.1) is 5.92 Å². The number of amides is 1. The Morgan fingerprint density at radius 3 is 2.28 bits per heavy atom. The van der Waals surface area contributed by atoms with E-state index in [0.717, 1.165) is 25.9 Å². The third-order valence-corrected chi connectivity index (χ3v) is 3.37. The second-order valence-corrected chi connectivity index (χ2v) is 5.23. The fourth-order valence-electron chi connectivity index (χ4n) is 2.26. The number of hydrogen-bond donors (Lipinski definition) is 1. The van der Waals surface area contributed by atoms with Crippen molar-refractivity contribution in [2.45, 2.75) is 32.6 Å². The van der Waals surface area contributed by atoms with Crippen LogP contribution in [0.1, 0.15) is 32.6 Å². The Labute approximate surface area is 109 Å². The summed E-state index contributed by atoms with van der Waals surface area (Å²) in [7, 11) is 1.80. The van der Waals surface area contributed by atoms with E-state index >= 15 is 0 Å². The second-order valence-electron chi connectivity index (χ2n) is 5.23. The van der Waals surface area contributed by atoms with Gasteiger partial charge < -0.3 is 10.0 Å². The van der Waals surface area contributed by atoms with Gasteiger partial charge in [-0.15, -0.1) is 0 Å². The molecule has 1 atom stereocenters. The molecule has 1 saturated heterocycles. The normalized spacial score (nSPS) is 18.5. The lowest BCUT2D eigenvalue weighted by molar-refractivity contribution is -0.142. The van der Waals surface area contributed by atoms with Gasteiger partial charge in [0.25, 0.3) is 0 Å². The third kappa shape index (κ3) is 5.04. The molecular formula is C13H24N2O3. The van der Waals surface area contributed by atoms with Gasteiger partial charge in [-0.3, -0.25) is 14.5 Å². The minimum absolute atomic E-state index is 0.122. The minimum atomic E-state index is -0.816. The Bertz CT molecular complexity index is 286. The molecule has 0 saturated carbocycles. The number of carbonyl (C=O) groups is 2. The first-order valence-corrected chi connectivity index (χ1v) is 6.70. The number of carbonyl (C=O) groups excluding carboxylic acids is 1. The van der Waals surface area contributed by atoms with E-state index in [2.05, 4.69) is 0 Å². The zero-order valence-electron chi connectivity index (χ0n) is 11.4. The highest BCUT2D eigenvalue weighted by Crippen LogP contribution is 2.10. The Morgan fingerprint density at radius 1 is 1.22 bits per heavy atom. The first kappa shape index (κ1) is 15.0. The molecule has 1 aliphatic heterocycles. The lowest BCUT2D eigenvalue weighted by Gasteiger charge is -2.24. The van der Waals surface area contributed by atoms with Gasteiger partial charge in [0.05, 0.1) is 12.5 Å². The van der Waals surface area contributed by atoms with Crippen molar-refractivity contribution >= 4 is 11.9 Å². The van der Waals surface area contributed by atoms with E-state index in [4.69, 9.17) is 5.11 Å². The number of likely N-dealkylation sites (N-methyl/N-ethyl adjacent to an activating group) is 1. The predicted molar refractivity (Wildman–Crippen MR) is 69.3 cm³/mol. The van der Waals surface area contributed by atoms with Crippen LogP contribution in [0.3, 0.4) is 0 Å². The van der Waals surface area contributed by atoms with Crippen LogP contribution in [0.25, 0.3) is 0 Å². The fourth-order valence-corrected chi connectivity index (χ4v) is 2.26. The lowest BCUT2D eigenvalue weighted by Crippen LogP contribution is -2.41. The first-order valence-electron chi connectivity index (χ1n) is 6.70. The molecule has 1 unspecified atom stereocenters. The highest BCUT2D eigenvalue weighted by molar-refractivity contribution is 5.78. The summed E-state index contributed by atoms with van der Waals surface area (Å²) in [5, 5.41) is 8.83. The Balaban J connectivity index is 2.35. The molecule has 1 rings (SSSR count). The Hall–Kier alpha value is -1.10. The van der Waals surface area contributed by atoms with E-state index in [0.29, 0.717) is 13.1 Å². The van der Waals surface area contributed by atoms with Crippen molar-refractivity contribution in [3.05, 3.63) is 0 Å². The zero-order chi connectivity index (χ0) is 13.5. The Kier molecular flexibility index (Phi) is 6.12. The van der Waals surface area contributed by atoms with Gasteiger partial charge in [-0.1, -0.05) is 19.8 Å². The second kappa shape index (κ2) is 7.36. The minimum Gasteiger partial charge on any atom is -0.481 e. The van der Waals surface area contributed by atoms with Crippen molar-refractivity contribution in [1.82, 2.24) is 9.80 Å². The van der Waals surface area contributed by atoms with Crippen molar-refractivity contribution in [1.29, 1.82) is 0 Å². The quantitative estimate of drug-likeness (QED) is 0.798. The molecule has 18 heavy (non-hydrogen) atoms. The monoisotopic (exact) mass is 256 g/mol. The van der Waals surface area contributed by atoms with Crippen LogP contribution in [0.5, 0.6) is 0 Å². The maximum Gasteiger partial charge on any atom is 0.307 e. The van der Waals surface area contributed by atoms with Crippen LogP contribution in [0.4, 0.5) is 0 Å². The number of aliphatic carboxylic acids is 1. The molecule has 0 aromatic rings. The van der Waals surface area contributed by atoms with Gasteiger partial charge in [-0.2, -0.15) is 0 Å². The molecule has 0 aromatic carbocycles. The van der Waals surface area contributed by atoms with Crippen molar-refractivity contribution in [2.24, 2.45) is 5.92 Å². The molecule has 1 heterocycles. The maximum atomic E-state index is 12.0. The van der Waals surface area contributed by atoms with Crippen LogP contribution in [-0.4, -0.2) is 60.0 Å². The molecule has 104 valence electrons. The lowest BCUT2D eigenvalue weighted by atomic mass is 10.2. The average molecular weight is 256 g/mol. The van der Waals surface area contributed by atoms with Gasteiger partial charge in [-0.25, -0.2) is 0 Å². The van der Waals surface area contributed by atoms with E-state index in [1.54, 1.807) is 18.9 Å². The van der Waals surface area contributed by atoms with Crippen LogP contribution >= 0.6 is 0 Å². The number of carboxylic acid groups (broad SMARTS) is 1. The van der Waals surface area contributed by atoms with E-state index in [9.17, 15) is 9.59 Å². The summed E-state index contributed by atoms with van der Waals surface area (Å²) in [6.45, 7) is 4.09. The summed E-state index contributed by atoms with van der Waals surface area (Å²) in [6, 6.07) is 0. The summed E-state index contributed by atoms with van der Waals surface area (Å²) in [6.07, 6.45) is 4.58. The highest BCUT2D eigenvalue weighted by Gasteiger charge is 2.19. The average Bonchev–Trinajstić information content (AvgIpc) is 2.56. The molecule has 1 aliphatic rings. The Morgan fingerprint density at radius 2 is 1.78 bits per heavy atom. The molecular weight excluding hydrogens is 232 g/mol. The van der Waals surface area contributed by atoms with Gasteiger partial charge in [0, 0.05) is 19.6 Å². The van der Waals surface area contributed by atoms with Gasteiger partial charge >= 0.3 is 5.97 Å². The van der Waals surface area contributed by atoms with Crippen molar-refractivity contribution < 1.29 is 14.7 Å². The summed E-state index contributed by atoms with van der Waals surface area (Å²) < 4.78 is 0. The molecule has 1 N–H and O–H groups in total. The van der Waals surface area contributed by atoms with E-state index in [-0.39, 0.29) is 5.91 Å². The highest BCUT2D eigenvalue weighted by atomic mass is 16.4. The number of likely N-dealkylation sites (tertiary alicyclic amines) is 1. The van der Waals surface area contributed by atoms with Crippen LogP contribution in [-0.2, 0) is 9.59 Å². The zero-order valence-corrected chi connectivity index (χ0v) is 11.4. The van der Waals surface area contributed by atoms with Crippen LogP contribution in [0.15, 0.2) is 0 Å².